The van der Waals surface area contributed by atoms with Crippen LogP contribution in [0.25, 0.3) is 22.4 Å². The number of hydrogen-bond donors (Lipinski definition) is 1. The van der Waals surface area contributed by atoms with E-state index in [1.807, 2.05) is 19.1 Å². The van der Waals surface area contributed by atoms with Gasteiger partial charge in [-0.15, -0.1) is 0 Å². The molecule has 0 radical (unpaired) electrons. The second-order valence-corrected chi connectivity index (χ2v) is 5.87. The molecule has 0 atom stereocenters. The lowest BCUT2D eigenvalue weighted by molar-refractivity contribution is 0.921. The van der Waals surface area contributed by atoms with E-state index in [9.17, 15) is 9.59 Å². The predicted molar refractivity (Wildman–Crippen MR) is 90.4 cm³/mol. The molecule has 0 aromatic heterocycles. The van der Waals surface area contributed by atoms with Gasteiger partial charge in [0.25, 0.3) is 5.56 Å². The highest BCUT2D eigenvalue weighted by Gasteiger charge is 2.20. The van der Waals surface area contributed by atoms with Gasteiger partial charge in [-0.2, -0.15) is 0 Å². The number of aryl methyl sites for hydroxylation is 1. The second-order valence-electron chi connectivity index (χ2n) is 5.43. The van der Waals surface area contributed by atoms with E-state index < -0.39 is 5.69 Å². The molecule has 0 bridgehead atoms. The summed E-state index contributed by atoms with van der Waals surface area (Å²) in [7, 11) is 0. The Morgan fingerprint density at radius 2 is 1.74 bits per heavy atom. The van der Waals surface area contributed by atoms with Crippen LogP contribution in [0.15, 0.2) is 58.3 Å². The molecule has 4 rings (SSSR count). The number of benzene rings is 2. The number of rotatable bonds is 1. The third-order valence-electron chi connectivity index (χ3n) is 3.90. The number of nitrogens with one attached hydrogen (secondary N) is 1. The smallest absolute Gasteiger partial charge is 0.341 e. The Morgan fingerprint density at radius 3 is 2.48 bits per heavy atom. The van der Waals surface area contributed by atoms with E-state index in [1.165, 1.54) is 9.13 Å². The number of aromatic amines is 1. The molecule has 114 valence electrons. The van der Waals surface area contributed by atoms with Crippen molar-refractivity contribution >= 4 is 22.6 Å². The van der Waals surface area contributed by atoms with Gasteiger partial charge in [-0.25, -0.2) is 9.36 Å². The first kappa shape index (κ1) is 13.8. The number of imidazole rings is 1. The van der Waals surface area contributed by atoms with Crippen molar-refractivity contribution < 1.29 is 0 Å². The highest BCUT2D eigenvalue weighted by atomic mass is 35.5. The Morgan fingerprint density at radius 1 is 1.00 bits per heavy atom. The Bertz CT molecular complexity index is 1120. The summed E-state index contributed by atoms with van der Waals surface area (Å²) in [5.74, 6) is 0. The van der Waals surface area contributed by atoms with Crippen molar-refractivity contribution in [3.63, 3.8) is 0 Å². The summed E-state index contributed by atoms with van der Waals surface area (Å²) in [6.45, 7) is 1.95. The fraction of sp³-hybridized carbons (Fsp3) is 0.0588. The summed E-state index contributed by atoms with van der Waals surface area (Å²) in [6, 6.07) is 12.4. The Kier molecular flexibility index (Phi) is 2.92. The van der Waals surface area contributed by atoms with Crippen molar-refractivity contribution in [3.8, 4) is 11.4 Å². The van der Waals surface area contributed by atoms with E-state index in [4.69, 9.17) is 11.6 Å². The number of H-pyrrole nitrogens is 1. The molecule has 0 aliphatic carbocycles. The largest absolute Gasteiger partial charge is 0.358 e. The van der Waals surface area contributed by atoms with Crippen LogP contribution >= 0.6 is 11.6 Å². The molecule has 5 nitrogen and oxygen atoms in total. The summed E-state index contributed by atoms with van der Waals surface area (Å²) in [4.78, 5) is 28.5. The highest BCUT2D eigenvalue weighted by Crippen LogP contribution is 2.20. The van der Waals surface area contributed by atoms with Crippen LogP contribution in [0.2, 0.25) is 5.02 Å². The van der Waals surface area contributed by atoms with E-state index in [0.29, 0.717) is 16.2 Å². The molecule has 2 aliphatic rings. The second kappa shape index (κ2) is 4.86. The first-order chi connectivity index (χ1) is 11.1. The molecule has 0 unspecified atom stereocenters. The summed E-state index contributed by atoms with van der Waals surface area (Å²) < 4.78 is 2.56. The molecule has 23 heavy (non-hydrogen) atoms. The quantitative estimate of drug-likeness (QED) is 0.585. The van der Waals surface area contributed by atoms with Crippen molar-refractivity contribution in [3.05, 3.63) is 80.1 Å². The van der Waals surface area contributed by atoms with Gasteiger partial charge in [-0.1, -0.05) is 29.3 Å². The molecule has 0 amide bonds. The molecule has 2 aromatic carbocycles. The lowest BCUT2D eigenvalue weighted by atomic mass is 10.2. The maximum atomic E-state index is 12.8. The van der Waals surface area contributed by atoms with E-state index >= 15 is 0 Å². The average molecular weight is 326 g/mol. The molecular formula is C17H12ClN3O2. The molecule has 0 spiro atoms. The van der Waals surface area contributed by atoms with Crippen LogP contribution in [0.1, 0.15) is 5.56 Å². The van der Waals surface area contributed by atoms with Crippen molar-refractivity contribution in [1.29, 1.82) is 0 Å². The average Bonchev–Trinajstić information content (AvgIpc) is 2.80. The standard InChI is InChI=1S/C17H12ClN3O2/c1-10-2-5-12(6-3-10)20-16(22)15-9-19-13-7-4-11(18)8-14(13)21(15)17(20)23/h2-9,19H,1H3. The van der Waals surface area contributed by atoms with Crippen LogP contribution in [-0.2, 0) is 0 Å². The topological polar surface area (TPSA) is 59.8 Å². The SMILES string of the molecule is Cc1ccc(-n2c(=O)c3c[nH]c4ccc(Cl)cc4n-3c2=O)cc1. The summed E-state index contributed by atoms with van der Waals surface area (Å²) >= 11 is 6.04. The van der Waals surface area contributed by atoms with Gasteiger partial charge in [0.2, 0.25) is 0 Å². The van der Waals surface area contributed by atoms with Gasteiger partial charge in [0, 0.05) is 11.2 Å². The molecule has 2 heterocycles. The number of nitrogens with zero attached hydrogens (tertiary/aromatic N) is 2. The zero-order valence-electron chi connectivity index (χ0n) is 12.2. The zero-order chi connectivity index (χ0) is 16.1. The van der Waals surface area contributed by atoms with E-state index in [1.54, 1.807) is 36.5 Å². The van der Waals surface area contributed by atoms with Crippen LogP contribution in [-0.4, -0.2) is 14.1 Å². The van der Waals surface area contributed by atoms with Crippen LogP contribution < -0.4 is 11.2 Å². The first-order valence-corrected chi connectivity index (χ1v) is 7.45. The Hall–Kier alpha value is -2.79. The van der Waals surface area contributed by atoms with Gasteiger partial charge in [-0.05, 0) is 37.3 Å². The van der Waals surface area contributed by atoms with Gasteiger partial charge in [0.15, 0.2) is 0 Å². The molecule has 0 saturated heterocycles. The van der Waals surface area contributed by atoms with Crippen LogP contribution in [0.5, 0.6) is 0 Å². The minimum atomic E-state index is -0.407. The fourth-order valence-corrected chi connectivity index (χ4v) is 2.91. The Balaban J connectivity index is 2.15. The summed E-state index contributed by atoms with van der Waals surface area (Å²) in [5, 5.41) is 0.501. The van der Waals surface area contributed by atoms with Crippen molar-refractivity contribution in [2.75, 3.05) is 0 Å². The monoisotopic (exact) mass is 325 g/mol. The van der Waals surface area contributed by atoms with Gasteiger partial charge >= 0.3 is 5.69 Å². The Labute approximate surface area is 135 Å². The summed E-state index contributed by atoms with van der Waals surface area (Å²) in [5.41, 5.74) is 2.42. The number of hydrogen-bond acceptors (Lipinski definition) is 2. The normalized spacial score (nSPS) is 11.4. The minimum Gasteiger partial charge on any atom is -0.358 e. The number of aromatic nitrogens is 3. The predicted octanol–water partition coefficient (Wildman–Crippen LogP) is 2.87. The number of fused-ring (bicyclic) bond motifs is 3. The van der Waals surface area contributed by atoms with Crippen molar-refractivity contribution in [1.82, 2.24) is 14.1 Å². The third kappa shape index (κ3) is 2.01. The molecule has 6 heteroatoms. The number of halogens is 1. The molecule has 2 aromatic rings. The van der Waals surface area contributed by atoms with Crippen LogP contribution in [0.3, 0.4) is 0 Å². The maximum absolute atomic E-state index is 12.8. The summed E-state index contributed by atoms with van der Waals surface area (Å²) in [6.07, 6.45) is 1.55. The van der Waals surface area contributed by atoms with E-state index in [-0.39, 0.29) is 11.2 Å². The van der Waals surface area contributed by atoms with Gasteiger partial charge in [-0.3, -0.25) is 9.36 Å². The van der Waals surface area contributed by atoms with E-state index in [2.05, 4.69) is 4.98 Å². The van der Waals surface area contributed by atoms with Gasteiger partial charge in [0.05, 0.1) is 16.7 Å². The molecule has 2 aliphatic heterocycles. The molecule has 0 fully saturated rings. The van der Waals surface area contributed by atoms with Crippen molar-refractivity contribution in [2.24, 2.45) is 0 Å². The van der Waals surface area contributed by atoms with Gasteiger partial charge < -0.3 is 4.98 Å². The van der Waals surface area contributed by atoms with E-state index in [0.717, 1.165) is 11.1 Å². The lowest BCUT2D eigenvalue weighted by Gasteiger charge is -2.06. The molecule has 1 N–H and O–H groups in total. The minimum absolute atomic E-state index is 0.283. The highest BCUT2D eigenvalue weighted by molar-refractivity contribution is 6.31. The van der Waals surface area contributed by atoms with Crippen LogP contribution in [0.4, 0.5) is 0 Å². The maximum Gasteiger partial charge on any atom is 0.341 e. The fourth-order valence-electron chi connectivity index (χ4n) is 2.74. The molecule has 0 saturated carbocycles. The van der Waals surface area contributed by atoms with Crippen molar-refractivity contribution in [2.45, 2.75) is 6.92 Å². The third-order valence-corrected chi connectivity index (χ3v) is 4.14. The first-order valence-electron chi connectivity index (χ1n) is 7.08. The van der Waals surface area contributed by atoms with Crippen LogP contribution in [0, 0.1) is 6.92 Å². The molecular weight excluding hydrogens is 314 g/mol. The van der Waals surface area contributed by atoms with Gasteiger partial charge in [0.1, 0.15) is 5.69 Å². The zero-order valence-corrected chi connectivity index (χ0v) is 13.0. The lowest BCUT2D eigenvalue weighted by Crippen LogP contribution is -2.25.